The van der Waals surface area contributed by atoms with E-state index in [1.54, 1.807) is 20.8 Å². The average molecular weight is 400 g/mol. The molecule has 0 aliphatic heterocycles. The summed E-state index contributed by atoms with van der Waals surface area (Å²) in [5.74, 6) is 0. The highest BCUT2D eigenvalue weighted by Gasteiger charge is 2.20. The van der Waals surface area contributed by atoms with Gasteiger partial charge in [0.15, 0.2) is 12.7 Å². The number of hydrogen-bond acceptors (Lipinski definition) is 5. The SMILES string of the molecule is CC(C)(C)OC(=O)NCCCn1ccc[n+]1C[C@@H](O)CNC(=O)OC(C)(C)C. The molecule has 0 spiro atoms. The molecule has 2 amide bonds. The summed E-state index contributed by atoms with van der Waals surface area (Å²) >= 11 is 0. The van der Waals surface area contributed by atoms with Crippen molar-refractivity contribution in [3.05, 3.63) is 18.5 Å². The lowest BCUT2D eigenvalue weighted by Gasteiger charge is -2.20. The Labute approximate surface area is 167 Å². The van der Waals surface area contributed by atoms with E-state index >= 15 is 0 Å². The maximum absolute atomic E-state index is 11.6. The van der Waals surface area contributed by atoms with Gasteiger partial charge in [-0.2, -0.15) is 4.68 Å². The van der Waals surface area contributed by atoms with Crippen LogP contribution in [0, 0.1) is 0 Å². The highest BCUT2D eigenvalue weighted by Crippen LogP contribution is 2.07. The topological polar surface area (TPSA) is 106 Å². The summed E-state index contributed by atoms with van der Waals surface area (Å²) in [5.41, 5.74) is -1.09. The molecule has 0 fully saturated rings. The van der Waals surface area contributed by atoms with Gasteiger partial charge < -0.3 is 25.2 Å². The molecule has 0 aromatic carbocycles. The summed E-state index contributed by atoms with van der Waals surface area (Å²) in [5, 5.41) is 15.4. The van der Waals surface area contributed by atoms with Gasteiger partial charge in [0.25, 0.3) is 0 Å². The Hall–Kier alpha value is -2.29. The van der Waals surface area contributed by atoms with Gasteiger partial charge >= 0.3 is 12.2 Å². The van der Waals surface area contributed by atoms with Crippen molar-refractivity contribution in [3.8, 4) is 0 Å². The first-order chi connectivity index (χ1) is 12.9. The molecule has 1 aromatic rings. The second kappa shape index (κ2) is 10.3. The molecule has 0 unspecified atom stereocenters. The van der Waals surface area contributed by atoms with Crippen LogP contribution in [0.1, 0.15) is 48.0 Å². The molecule has 0 aliphatic carbocycles. The standard InChI is InChI=1S/C19H34N4O5/c1-18(2,3)27-16(25)20-9-7-10-22-11-8-12-23(22)14-15(24)13-21-17(26)28-19(4,5)6/h8,11-12,15,24H,7,9-10,13-14H2,1-6H3,(H-,20,21,25,26)/p+1/t15-/m0/s1. The van der Waals surface area contributed by atoms with Crippen LogP contribution in [0.25, 0.3) is 0 Å². The van der Waals surface area contributed by atoms with E-state index in [9.17, 15) is 14.7 Å². The number of ether oxygens (including phenoxy) is 2. The zero-order chi connectivity index (χ0) is 21.4. The molecule has 1 aromatic heterocycles. The molecule has 0 aliphatic rings. The van der Waals surface area contributed by atoms with Crippen LogP contribution in [0.5, 0.6) is 0 Å². The molecule has 0 saturated heterocycles. The van der Waals surface area contributed by atoms with Gasteiger partial charge in [0, 0.05) is 12.6 Å². The van der Waals surface area contributed by atoms with Crippen LogP contribution in [0.4, 0.5) is 9.59 Å². The molecular formula is C19H35N4O5+. The number of carbonyl (C=O) groups excluding carboxylic acids is 2. The van der Waals surface area contributed by atoms with Crippen molar-refractivity contribution in [1.29, 1.82) is 0 Å². The largest absolute Gasteiger partial charge is 0.444 e. The summed E-state index contributed by atoms with van der Waals surface area (Å²) in [6.45, 7) is 12.4. The van der Waals surface area contributed by atoms with Crippen LogP contribution in [-0.4, -0.2) is 52.4 Å². The number of carbonyl (C=O) groups is 2. The molecule has 9 nitrogen and oxygen atoms in total. The first-order valence-electron chi connectivity index (χ1n) is 9.52. The van der Waals surface area contributed by atoms with Gasteiger partial charge in [0.2, 0.25) is 0 Å². The Bertz CT molecular complexity index is 631. The number of alkyl carbamates (subject to hydrolysis) is 2. The Balaban J connectivity index is 2.35. The molecule has 1 atom stereocenters. The lowest BCUT2D eigenvalue weighted by atomic mass is 10.2. The monoisotopic (exact) mass is 399 g/mol. The fourth-order valence-electron chi connectivity index (χ4n) is 2.32. The predicted molar refractivity (Wildman–Crippen MR) is 104 cm³/mol. The summed E-state index contributed by atoms with van der Waals surface area (Å²) in [7, 11) is 0. The van der Waals surface area contributed by atoms with Crippen LogP contribution >= 0.6 is 0 Å². The highest BCUT2D eigenvalue weighted by atomic mass is 16.6. The van der Waals surface area contributed by atoms with E-state index in [1.165, 1.54) is 0 Å². The van der Waals surface area contributed by atoms with Gasteiger partial charge in [-0.3, -0.25) is 0 Å². The van der Waals surface area contributed by atoms with E-state index in [-0.39, 0.29) is 6.54 Å². The summed E-state index contributed by atoms with van der Waals surface area (Å²) in [6.07, 6.45) is 2.70. The van der Waals surface area contributed by atoms with Crippen LogP contribution < -0.4 is 15.3 Å². The van der Waals surface area contributed by atoms with Crippen molar-refractivity contribution >= 4 is 12.2 Å². The number of nitrogens with one attached hydrogen (secondary N) is 2. The third-order valence-corrected chi connectivity index (χ3v) is 3.36. The summed E-state index contributed by atoms with van der Waals surface area (Å²) in [4.78, 5) is 23.3. The van der Waals surface area contributed by atoms with E-state index in [2.05, 4.69) is 10.6 Å². The molecule has 0 saturated carbocycles. The number of aryl methyl sites for hydroxylation is 1. The molecule has 9 heteroatoms. The number of amides is 2. The van der Waals surface area contributed by atoms with E-state index in [0.717, 1.165) is 0 Å². The van der Waals surface area contributed by atoms with Crippen LogP contribution in [0.2, 0.25) is 0 Å². The molecule has 1 rings (SSSR count). The average Bonchev–Trinajstić information content (AvgIpc) is 2.93. The fourth-order valence-corrected chi connectivity index (χ4v) is 2.32. The fraction of sp³-hybridized carbons (Fsp3) is 0.737. The summed E-state index contributed by atoms with van der Waals surface area (Å²) in [6, 6.07) is 1.87. The lowest BCUT2D eigenvalue weighted by molar-refractivity contribution is -0.780. The third-order valence-electron chi connectivity index (χ3n) is 3.36. The van der Waals surface area contributed by atoms with E-state index in [0.29, 0.717) is 26.1 Å². The first-order valence-corrected chi connectivity index (χ1v) is 9.52. The van der Waals surface area contributed by atoms with Crippen molar-refractivity contribution in [2.75, 3.05) is 13.1 Å². The normalized spacial score (nSPS) is 13.0. The quantitative estimate of drug-likeness (QED) is 0.455. The minimum Gasteiger partial charge on any atom is -0.444 e. The second-order valence-corrected chi connectivity index (χ2v) is 8.59. The number of aliphatic hydroxyl groups excluding tert-OH is 1. The van der Waals surface area contributed by atoms with Crippen molar-refractivity contribution < 1.29 is 28.9 Å². The second-order valence-electron chi connectivity index (χ2n) is 8.59. The van der Waals surface area contributed by atoms with Crippen LogP contribution in [-0.2, 0) is 22.6 Å². The van der Waals surface area contributed by atoms with E-state index < -0.39 is 29.5 Å². The highest BCUT2D eigenvalue weighted by molar-refractivity contribution is 5.67. The van der Waals surface area contributed by atoms with Gasteiger partial charge in [0.1, 0.15) is 17.3 Å². The number of aromatic nitrogens is 2. The van der Waals surface area contributed by atoms with Crippen LogP contribution in [0.3, 0.4) is 0 Å². The number of hydrogen-bond donors (Lipinski definition) is 3. The summed E-state index contributed by atoms with van der Waals surface area (Å²) < 4.78 is 14.1. The molecule has 3 N–H and O–H groups in total. The number of rotatable bonds is 8. The van der Waals surface area contributed by atoms with Crippen molar-refractivity contribution in [2.45, 2.75) is 78.4 Å². The Morgan fingerprint density at radius 2 is 1.64 bits per heavy atom. The van der Waals surface area contributed by atoms with Gasteiger partial charge in [0.05, 0.1) is 19.3 Å². The van der Waals surface area contributed by atoms with Gasteiger partial charge in [-0.1, -0.05) is 0 Å². The third kappa shape index (κ3) is 10.8. The maximum atomic E-state index is 11.6. The van der Waals surface area contributed by atoms with Crippen LogP contribution in [0.15, 0.2) is 18.5 Å². The maximum Gasteiger partial charge on any atom is 0.407 e. The Morgan fingerprint density at radius 3 is 2.21 bits per heavy atom. The lowest BCUT2D eigenvalue weighted by Crippen LogP contribution is -2.50. The van der Waals surface area contributed by atoms with Crippen molar-refractivity contribution in [2.24, 2.45) is 0 Å². The minimum absolute atomic E-state index is 0.0906. The Morgan fingerprint density at radius 1 is 1.07 bits per heavy atom. The number of aliphatic hydroxyl groups is 1. The molecule has 0 radical (unpaired) electrons. The van der Waals surface area contributed by atoms with E-state index in [1.807, 2.05) is 48.6 Å². The minimum atomic E-state index is -0.758. The van der Waals surface area contributed by atoms with Crippen molar-refractivity contribution in [3.63, 3.8) is 0 Å². The predicted octanol–water partition coefficient (Wildman–Crippen LogP) is 1.58. The molecule has 0 bridgehead atoms. The van der Waals surface area contributed by atoms with Crippen molar-refractivity contribution in [1.82, 2.24) is 15.3 Å². The molecular weight excluding hydrogens is 364 g/mol. The molecule has 1 heterocycles. The van der Waals surface area contributed by atoms with Gasteiger partial charge in [-0.15, -0.1) is 4.68 Å². The molecule has 28 heavy (non-hydrogen) atoms. The number of nitrogens with zero attached hydrogens (tertiary/aromatic N) is 2. The zero-order valence-electron chi connectivity index (χ0n) is 17.8. The first kappa shape index (κ1) is 23.7. The Kier molecular flexibility index (Phi) is 8.74. The van der Waals surface area contributed by atoms with E-state index in [4.69, 9.17) is 9.47 Å². The van der Waals surface area contributed by atoms with Gasteiger partial charge in [-0.05, 0) is 48.0 Å². The smallest absolute Gasteiger partial charge is 0.407 e. The van der Waals surface area contributed by atoms with Gasteiger partial charge in [-0.25, -0.2) is 9.59 Å². The zero-order valence-corrected chi connectivity index (χ0v) is 17.8. The molecule has 160 valence electrons.